The second kappa shape index (κ2) is 6.57. The van der Waals surface area contributed by atoms with E-state index in [1.807, 2.05) is 25.3 Å². The summed E-state index contributed by atoms with van der Waals surface area (Å²) in [5, 5.41) is 3.33. The molecule has 0 spiro atoms. The van der Waals surface area contributed by atoms with Gasteiger partial charge in [0.25, 0.3) is 0 Å². The number of nitrogens with zero attached hydrogens (tertiary/aromatic N) is 1. The smallest absolute Gasteiger partial charge is 0.140 e. The van der Waals surface area contributed by atoms with E-state index < -0.39 is 0 Å². The van der Waals surface area contributed by atoms with E-state index in [-0.39, 0.29) is 0 Å². The van der Waals surface area contributed by atoms with Crippen LogP contribution in [-0.2, 0) is 6.42 Å². The second-order valence-electron chi connectivity index (χ2n) is 4.37. The van der Waals surface area contributed by atoms with Crippen molar-refractivity contribution in [2.45, 2.75) is 13.3 Å². The molecule has 0 unspecified atom stereocenters. The molecule has 0 aliphatic rings. The first kappa shape index (κ1) is 13.9. The Kier molecular flexibility index (Phi) is 4.80. The van der Waals surface area contributed by atoms with Gasteiger partial charge in [-0.25, -0.2) is 4.98 Å². The van der Waals surface area contributed by atoms with Gasteiger partial charge >= 0.3 is 0 Å². The average molecular weight is 321 g/mol. The van der Waals surface area contributed by atoms with Gasteiger partial charge in [-0.2, -0.15) is 0 Å². The molecule has 0 radical (unpaired) electrons. The Morgan fingerprint density at radius 1 is 1.32 bits per heavy atom. The molecule has 1 heterocycles. The van der Waals surface area contributed by atoms with Crippen molar-refractivity contribution in [3.63, 3.8) is 0 Å². The Labute approximate surface area is 122 Å². The molecule has 100 valence electrons. The highest BCUT2D eigenvalue weighted by Gasteiger charge is 2.01. The van der Waals surface area contributed by atoms with Crippen molar-refractivity contribution in [1.29, 1.82) is 0 Å². The van der Waals surface area contributed by atoms with Gasteiger partial charge < -0.3 is 10.1 Å². The molecule has 3 nitrogen and oxygen atoms in total. The van der Waals surface area contributed by atoms with Crippen molar-refractivity contribution >= 4 is 21.7 Å². The summed E-state index contributed by atoms with van der Waals surface area (Å²) in [4.78, 5) is 4.36. The number of anilines is 1. The number of aromatic nitrogens is 1. The molecule has 1 N–H and O–H groups in total. The number of rotatable bonds is 5. The third kappa shape index (κ3) is 3.96. The highest BCUT2D eigenvalue weighted by molar-refractivity contribution is 9.10. The molecule has 4 heteroatoms. The van der Waals surface area contributed by atoms with Crippen LogP contribution in [0.25, 0.3) is 0 Å². The van der Waals surface area contributed by atoms with Crippen molar-refractivity contribution < 1.29 is 4.74 Å². The number of halogens is 1. The van der Waals surface area contributed by atoms with E-state index in [1.165, 1.54) is 5.56 Å². The van der Waals surface area contributed by atoms with Crippen LogP contribution < -0.4 is 10.1 Å². The lowest BCUT2D eigenvalue weighted by molar-refractivity contribution is 0.414. The van der Waals surface area contributed by atoms with Gasteiger partial charge in [0.1, 0.15) is 11.6 Å². The maximum atomic E-state index is 5.21. The van der Waals surface area contributed by atoms with Gasteiger partial charge in [-0.1, -0.05) is 12.1 Å². The van der Waals surface area contributed by atoms with Gasteiger partial charge in [0, 0.05) is 12.7 Å². The summed E-state index contributed by atoms with van der Waals surface area (Å²) >= 11 is 3.51. The molecule has 2 aromatic rings. The minimum absolute atomic E-state index is 0.835. The number of aryl methyl sites for hydroxylation is 1. The maximum absolute atomic E-state index is 5.21. The number of nitrogens with one attached hydrogen (secondary N) is 1. The first-order valence-corrected chi connectivity index (χ1v) is 6.97. The predicted molar refractivity (Wildman–Crippen MR) is 81.9 cm³/mol. The predicted octanol–water partition coefficient (Wildman–Crippen LogP) is 3.82. The monoisotopic (exact) mass is 320 g/mol. The molecule has 19 heavy (non-hydrogen) atoms. The molecule has 0 saturated heterocycles. The standard InChI is InChI=1S/C15H17BrN2O/c1-11-8-14(16)15(18-10-11)17-7-6-12-4-3-5-13(9-12)19-2/h3-5,8-10H,6-7H2,1-2H3,(H,17,18). The van der Waals surface area contributed by atoms with Crippen molar-refractivity contribution in [3.8, 4) is 5.75 Å². The molecule has 0 saturated carbocycles. The molecule has 0 bridgehead atoms. The fraction of sp³-hybridized carbons (Fsp3) is 0.267. The fourth-order valence-electron chi connectivity index (χ4n) is 1.82. The largest absolute Gasteiger partial charge is 0.497 e. The third-order valence-electron chi connectivity index (χ3n) is 2.82. The molecule has 0 amide bonds. The first-order valence-electron chi connectivity index (χ1n) is 6.18. The van der Waals surface area contributed by atoms with Crippen LogP contribution >= 0.6 is 15.9 Å². The number of pyridine rings is 1. The Hall–Kier alpha value is -1.55. The zero-order valence-corrected chi connectivity index (χ0v) is 12.7. The van der Waals surface area contributed by atoms with Gasteiger partial charge in [-0.3, -0.25) is 0 Å². The van der Waals surface area contributed by atoms with Crippen molar-refractivity contribution in [2.75, 3.05) is 19.0 Å². The van der Waals surface area contributed by atoms with E-state index in [1.54, 1.807) is 7.11 Å². The zero-order chi connectivity index (χ0) is 13.7. The molecular formula is C15H17BrN2O. The molecule has 1 aromatic heterocycles. The number of hydrogen-bond acceptors (Lipinski definition) is 3. The van der Waals surface area contributed by atoms with E-state index in [4.69, 9.17) is 4.74 Å². The summed E-state index contributed by atoms with van der Waals surface area (Å²) in [5.74, 6) is 1.78. The summed E-state index contributed by atoms with van der Waals surface area (Å²) in [6.45, 7) is 2.86. The van der Waals surface area contributed by atoms with Gasteiger partial charge in [-0.15, -0.1) is 0 Å². The van der Waals surface area contributed by atoms with E-state index in [9.17, 15) is 0 Å². The number of ether oxygens (including phenoxy) is 1. The highest BCUT2D eigenvalue weighted by Crippen LogP contribution is 2.20. The molecule has 0 aliphatic carbocycles. The van der Waals surface area contributed by atoms with E-state index in [2.05, 4.69) is 44.4 Å². The normalized spacial score (nSPS) is 10.3. The quantitative estimate of drug-likeness (QED) is 0.909. The summed E-state index contributed by atoms with van der Waals surface area (Å²) in [5.41, 5.74) is 2.39. The molecule has 1 aromatic carbocycles. The number of methoxy groups -OCH3 is 1. The van der Waals surface area contributed by atoms with E-state index in [0.29, 0.717) is 0 Å². The fourth-order valence-corrected chi connectivity index (χ4v) is 2.42. The Morgan fingerprint density at radius 3 is 2.89 bits per heavy atom. The number of hydrogen-bond donors (Lipinski definition) is 1. The Bertz CT molecular complexity index is 558. The minimum atomic E-state index is 0.835. The van der Waals surface area contributed by atoms with E-state index in [0.717, 1.165) is 34.6 Å². The van der Waals surface area contributed by atoms with Gasteiger partial charge in [0.15, 0.2) is 0 Å². The van der Waals surface area contributed by atoms with E-state index >= 15 is 0 Å². The van der Waals surface area contributed by atoms with Crippen LogP contribution in [0.2, 0.25) is 0 Å². The first-order chi connectivity index (χ1) is 9.19. The van der Waals surface area contributed by atoms with Crippen molar-refractivity contribution in [2.24, 2.45) is 0 Å². The lowest BCUT2D eigenvalue weighted by Crippen LogP contribution is -2.07. The van der Waals surface area contributed by atoms with Crippen LogP contribution in [0.15, 0.2) is 41.0 Å². The lowest BCUT2D eigenvalue weighted by atomic mass is 10.1. The SMILES string of the molecule is COc1cccc(CCNc2ncc(C)cc2Br)c1. The Morgan fingerprint density at radius 2 is 2.16 bits per heavy atom. The van der Waals surface area contributed by atoms with Crippen LogP contribution in [0.3, 0.4) is 0 Å². The van der Waals surface area contributed by atoms with Gasteiger partial charge in [-0.05, 0) is 58.6 Å². The van der Waals surface area contributed by atoms with Crippen LogP contribution in [0.4, 0.5) is 5.82 Å². The van der Waals surface area contributed by atoms with Crippen molar-refractivity contribution in [3.05, 3.63) is 52.1 Å². The third-order valence-corrected chi connectivity index (χ3v) is 3.42. The average Bonchev–Trinajstić information content (AvgIpc) is 2.41. The molecule has 2 rings (SSSR count). The number of benzene rings is 1. The van der Waals surface area contributed by atoms with Crippen LogP contribution in [0, 0.1) is 6.92 Å². The molecule has 0 fully saturated rings. The van der Waals surface area contributed by atoms with Crippen LogP contribution in [-0.4, -0.2) is 18.6 Å². The van der Waals surface area contributed by atoms with Gasteiger partial charge in [0.2, 0.25) is 0 Å². The summed E-state index contributed by atoms with van der Waals surface area (Å²) in [6.07, 6.45) is 2.79. The van der Waals surface area contributed by atoms with Crippen molar-refractivity contribution in [1.82, 2.24) is 4.98 Å². The van der Waals surface area contributed by atoms with Crippen LogP contribution in [0.5, 0.6) is 5.75 Å². The minimum Gasteiger partial charge on any atom is -0.497 e. The second-order valence-corrected chi connectivity index (χ2v) is 5.23. The Balaban J connectivity index is 1.92. The summed E-state index contributed by atoms with van der Waals surface area (Å²) in [7, 11) is 1.69. The topological polar surface area (TPSA) is 34.1 Å². The molecule has 0 atom stereocenters. The summed E-state index contributed by atoms with van der Waals surface area (Å²) in [6, 6.07) is 10.2. The lowest BCUT2D eigenvalue weighted by Gasteiger charge is -2.09. The van der Waals surface area contributed by atoms with Crippen LogP contribution in [0.1, 0.15) is 11.1 Å². The molecule has 0 aliphatic heterocycles. The highest BCUT2D eigenvalue weighted by atomic mass is 79.9. The molecular weight excluding hydrogens is 304 g/mol. The zero-order valence-electron chi connectivity index (χ0n) is 11.1. The maximum Gasteiger partial charge on any atom is 0.140 e. The summed E-state index contributed by atoms with van der Waals surface area (Å²) < 4.78 is 6.21. The van der Waals surface area contributed by atoms with Gasteiger partial charge in [0.05, 0.1) is 11.6 Å².